The molecule has 4 aromatic rings. The number of hydrogen-bond acceptors (Lipinski definition) is 6. The second-order valence-corrected chi connectivity index (χ2v) is 9.35. The summed E-state index contributed by atoms with van der Waals surface area (Å²) in [6, 6.07) is 27.2. The van der Waals surface area contributed by atoms with E-state index in [0.717, 1.165) is 16.0 Å². The maximum Gasteiger partial charge on any atom is 0.306 e. The Morgan fingerprint density at radius 2 is 1.42 bits per heavy atom. The number of carbonyl (C=O) groups is 4. The van der Waals surface area contributed by atoms with Crippen LogP contribution in [-0.2, 0) is 14.3 Å². The van der Waals surface area contributed by atoms with E-state index in [2.05, 4.69) is 5.32 Å². The normalized spacial score (nSPS) is 10.7. The van der Waals surface area contributed by atoms with E-state index in [1.807, 2.05) is 60.0 Å². The lowest BCUT2D eigenvalue weighted by molar-refractivity contribution is -0.143. The Kier molecular flexibility index (Phi) is 9.10. The monoisotopic (exact) mass is 523 g/mol. The van der Waals surface area contributed by atoms with Gasteiger partial charge >= 0.3 is 5.97 Å². The molecule has 3 aromatic carbocycles. The Labute approximate surface area is 224 Å². The molecule has 0 atom stereocenters. The molecule has 1 aromatic heterocycles. The molecular formula is C31H25NO5S. The number of amides is 1. The second kappa shape index (κ2) is 13.1. The maximum atomic E-state index is 12.4. The molecule has 0 spiro atoms. The highest BCUT2D eigenvalue weighted by Gasteiger charge is 2.13. The molecule has 0 aliphatic carbocycles. The summed E-state index contributed by atoms with van der Waals surface area (Å²) in [5, 5.41) is 4.62. The van der Waals surface area contributed by atoms with Gasteiger partial charge < -0.3 is 10.1 Å². The van der Waals surface area contributed by atoms with Crippen molar-refractivity contribution in [3.05, 3.63) is 118 Å². The number of benzene rings is 3. The third-order valence-corrected chi connectivity index (χ3v) is 6.47. The van der Waals surface area contributed by atoms with E-state index in [1.165, 1.54) is 6.08 Å². The number of nitrogens with one attached hydrogen (secondary N) is 1. The Morgan fingerprint density at radius 1 is 0.737 bits per heavy atom. The molecule has 6 nitrogen and oxygen atoms in total. The number of hydrogen-bond donors (Lipinski definition) is 1. The first-order chi connectivity index (χ1) is 18.5. The van der Waals surface area contributed by atoms with E-state index >= 15 is 0 Å². The number of carbonyl (C=O) groups excluding carboxylic acids is 4. The van der Waals surface area contributed by atoms with Gasteiger partial charge in [-0.05, 0) is 59.0 Å². The molecule has 190 valence electrons. The SMILES string of the molecule is O=C(CCC(=O)OCC(=O)c1ccc(-c2ccccc2)cc1)Nc1ccc(C(=O)/C=C/c2cccs2)cc1. The van der Waals surface area contributed by atoms with Gasteiger partial charge in [0.1, 0.15) is 0 Å². The highest BCUT2D eigenvalue weighted by molar-refractivity contribution is 7.10. The molecule has 0 saturated heterocycles. The Bertz CT molecular complexity index is 1420. The van der Waals surface area contributed by atoms with Crippen molar-refractivity contribution >= 4 is 46.5 Å². The molecule has 4 rings (SSSR count). The first-order valence-corrected chi connectivity index (χ1v) is 12.9. The van der Waals surface area contributed by atoms with Crippen LogP contribution in [0.3, 0.4) is 0 Å². The quantitative estimate of drug-likeness (QED) is 0.139. The molecule has 0 radical (unpaired) electrons. The third-order valence-electron chi connectivity index (χ3n) is 5.63. The van der Waals surface area contributed by atoms with Crippen molar-refractivity contribution in [2.75, 3.05) is 11.9 Å². The number of Topliss-reactive ketones (excluding diaryl/α,β-unsaturated/α-hetero) is 1. The number of anilines is 1. The van der Waals surface area contributed by atoms with Gasteiger partial charge in [-0.25, -0.2) is 0 Å². The molecule has 38 heavy (non-hydrogen) atoms. The minimum absolute atomic E-state index is 0.0942. The van der Waals surface area contributed by atoms with E-state index in [4.69, 9.17) is 4.74 Å². The predicted molar refractivity (Wildman–Crippen MR) is 149 cm³/mol. The Hall–Kier alpha value is -4.62. The average Bonchev–Trinajstić information content (AvgIpc) is 3.48. The fourth-order valence-corrected chi connectivity index (χ4v) is 4.20. The van der Waals surface area contributed by atoms with E-state index in [-0.39, 0.29) is 36.9 Å². The lowest BCUT2D eigenvalue weighted by Crippen LogP contribution is -2.17. The number of ether oxygens (including phenoxy) is 1. The first kappa shape index (κ1) is 26.4. The van der Waals surface area contributed by atoms with Gasteiger partial charge in [0.2, 0.25) is 5.91 Å². The van der Waals surface area contributed by atoms with Gasteiger partial charge in [0.15, 0.2) is 18.2 Å². The van der Waals surface area contributed by atoms with Crippen molar-refractivity contribution < 1.29 is 23.9 Å². The minimum Gasteiger partial charge on any atom is -0.457 e. The highest BCUT2D eigenvalue weighted by Crippen LogP contribution is 2.19. The molecule has 0 aliphatic heterocycles. The summed E-state index contributed by atoms with van der Waals surface area (Å²) in [5.41, 5.74) is 3.48. The van der Waals surface area contributed by atoms with Gasteiger partial charge in [0.25, 0.3) is 0 Å². The second-order valence-electron chi connectivity index (χ2n) is 8.37. The van der Waals surface area contributed by atoms with Crippen LogP contribution in [0.15, 0.2) is 102 Å². The van der Waals surface area contributed by atoms with Crippen molar-refractivity contribution in [2.45, 2.75) is 12.8 Å². The van der Waals surface area contributed by atoms with Gasteiger partial charge in [-0.1, -0.05) is 60.7 Å². The molecule has 1 heterocycles. The number of allylic oxidation sites excluding steroid dienone is 1. The summed E-state index contributed by atoms with van der Waals surface area (Å²) in [6.45, 7) is -0.387. The topological polar surface area (TPSA) is 89.5 Å². The molecular weight excluding hydrogens is 498 g/mol. The largest absolute Gasteiger partial charge is 0.457 e. The summed E-state index contributed by atoms with van der Waals surface area (Å²) in [6.07, 6.45) is 3.02. The molecule has 0 fully saturated rings. The molecule has 1 N–H and O–H groups in total. The van der Waals surface area contributed by atoms with Crippen LogP contribution in [0.1, 0.15) is 38.4 Å². The molecule has 0 unspecified atom stereocenters. The van der Waals surface area contributed by atoms with Crippen LogP contribution in [0.5, 0.6) is 0 Å². The number of esters is 1. The minimum atomic E-state index is -0.632. The van der Waals surface area contributed by atoms with Crippen LogP contribution >= 0.6 is 11.3 Å². The molecule has 7 heteroatoms. The first-order valence-electron chi connectivity index (χ1n) is 12.0. The maximum absolute atomic E-state index is 12.4. The predicted octanol–water partition coefficient (Wildman–Crippen LogP) is 6.46. The van der Waals surface area contributed by atoms with Crippen LogP contribution in [0.2, 0.25) is 0 Å². The summed E-state index contributed by atoms with van der Waals surface area (Å²) in [4.78, 5) is 49.9. The highest BCUT2D eigenvalue weighted by atomic mass is 32.1. The zero-order valence-corrected chi connectivity index (χ0v) is 21.3. The fraction of sp³-hybridized carbons (Fsp3) is 0.0968. The fourth-order valence-electron chi connectivity index (χ4n) is 3.58. The molecule has 0 aliphatic rings. The van der Waals surface area contributed by atoms with E-state index in [9.17, 15) is 19.2 Å². The Balaban J connectivity index is 1.18. The summed E-state index contributed by atoms with van der Waals surface area (Å²) in [7, 11) is 0. The van der Waals surface area contributed by atoms with Gasteiger partial charge in [0, 0.05) is 28.1 Å². The van der Waals surface area contributed by atoms with Crippen molar-refractivity contribution in [3.63, 3.8) is 0 Å². The van der Waals surface area contributed by atoms with E-state index in [1.54, 1.807) is 53.8 Å². The van der Waals surface area contributed by atoms with Gasteiger partial charge in [0.05, 0.1) is 6.42 Å². The molecule has 0 bridgehead atoms. The van der Waals surface area contributed by atoms with Crippen molar-refractivity contribution in [1.29, 1.82) is 0 Å². The Morgan fingerprint density at radius 3 is 2.11 bits per heavy atom. The lowest BCUT2D eigenvalue weighted by atomic mass is 10.0. The number of ketones is 2. The average molecular weight is 524 g/mol. The van der Waals surface area contributed by atoms with Crippen LogP contribution in [-0.4, -0.2) is 30.0 Å². The van der Waals surface area contributed by atoms with E-state index < -0.39 is 5.97 Å². The van der Waals surface area contributed by atoms with Gasteiger partial charge in [-0.2, -0.15) is 0 Å². The smallest absolute Gasteiger partial charge is 0.306 e. The lowest BCUT2D eigenvalue weighted by Gasteiger charge is -2.07. The van der Waals surface area contributed by atoms with Crippen molar-refractivity contribution in [3.8, 4) is 11.1 Å². The number of thiophene rings is 1. The van der Waals surface area contributed by atoms with Crippen LogP contribution in [0.4, 0.5) is 5.69 Å². The third kappa shape index (κ3) is 7.69. The zero-order valence-electron chi connectivity index (χ0n) is 20.5. The van der Waals surface area contributed by atoms with E-state index in [0.29, 0.717) is 16.8 Å². The van der Waals surface area contributed by atoms with Crippen molar-refractivity contribution in [2.24, 2.45) is 0 Å². The number of rotatable bonds is 11. The molecule has 0 saturated carbocycles. The van der Waals surface area contributed by atoms with Crippen LogP contribution in [0.25, 0.3) is 17.2 Å². The van der Waals surface area contributed by atoms with Crippen molar-refractivity contribution in [1.82, 2.24) is 0 Å². The standard InChI is InChI=1S/C31H25NO5S/c33-28(17-16-27-7-4-20-38-27)24-12-14-26(15-13-24)32-30(35)18-19-31(36)37-21-29(34)25-10-8-23(9-11-25)22-5-2-1-3-6-22/h1-17,20H,18-19,21H2,(H,32,35)/b17-16+. The summed E-state index contributed by atoms with van der Waals surface area (Å²) in [5.74, 6) is -1.46. The summed E-state index contributed by atoms with van der Waals surface area (Å²) >= 11 is 1.54. The van der Waals surface area contributed by atoms with Gasteiger partial charge in [-0.15, -0.1) is 11.3 Å². The van der Waals surface area contributed by atoms with Crippen LogP contribution < -0.4 is 5.32 Å². The summed E-state index contributed by atoms with van der Waals surface area (Å²) < 4.78 is 5.05. The zero-order chi connectivity index (χ0) is 26.7. The van der Waals surface area contributed by atoms with Gasteiger partial charge in [-0.3, -0.25) is 19.2 Å². The molecule has 1 amide bonds. The van der Waals surface area contributed by atoms with Crippen LogP contribution in [0, 0.1) is 0 Å².